The molecule has 0 aliphatic carbocycles. The summed E-state index contributed by atoms with van der Waals surface area (Å²) in [6.07, 6.45) is 5.74. The van der Waals surface area contributed by atoms with Gasteiger partial charge in [-0.1, -0.05) is 6.92 Å². The molecule has 2 unspecified atom stereocenters. The first-order valence-electron chi connectivity index (χ1n) is 6.11. The predicted molar refractivity (Wildman–Crippen MR) is 65.1 cm³/mol. The summed E-state index contributed by atoms with van der Waals surface area (Å²) in [4.78, 5) is 14.1. The zero-order valence-corrected chi connectivity index (χ0v) is 10.5. The summed E-state index contributed by atoms with van der Waals surface area (Å²) >= 11 is 0. The highest BCUT2D eigenvalue weighted by Gasteiger charge is 2.26. The van der Waals surface area contributed by atoms with Crippen molar-refractivity contribution in [1.29, 1.82) is 0 Å². The van der Waals surface area contributed by atoms with Gasteiger partial charge in [0, 0.05) is 31.9 Å². The minimum Gasteiger partial charge on any atom is -0.341 e. The van der Waals surface area contributed by atoms with Crippen LogP contribution in [0.15, 0.2) is 12.4 Å². The van der Waals surface area contributed by atoms with Gasteiger partial charge in [0.2, 0.25) is 5.91 Å². The number of nitrogens with zero attached hydrogens (tertiary/aromatic N) is 3. The molecule has 2 N–H and O–H groups in total. The van der Waals surface area contributed by atoms with Gasteiger partial charge < -0.3 is 10.6 Å². The molecule has 2 heterocycles. The zero-order valence-electron chi connectivity index (χ0n) is 10.5. The molecule has 1 aliphatic rings. The Morgan fingerprint density at radius 3 is 3.00 bits per heavy atom. The van der Waals surface area contributed by atoms with Crippen molar-refractivity contribution >= 4 is 5.91 Å². The largest absolute Gasteiger partial charge is 0.341 e. The van der Waals surface area contributed by atoms with E-state index in [9.17, 15) is 4.79 Å². The van der Waals surface area contributed by atoms with Gasteiger partial charge in [-0.3, -0.25) is 9.48 Å². The maximum Gasteiger partial charge on any atom is 0.244 e. The van der Waals surface area contributed by atoms with Gasteiger partial charge in [-0.05, 0) is 18.8 Å². The van der Waals surface area contributed by atoms with Crippen molar-refractivity contribution < 1.29 is 4.79 Å². The Hall–Kier alpha value is -1.36. The van der Waals surface area contributed by atoms with Crippen molar-refractivity contribution in [2.24, 2.45) is 18.7 Å². The molecule has 0 saturated carbocycles. The number of aromatic nitrogens is 2. The highest BCUT2D eigenvalue weighted by molar-refractivity contribution is 5.83. The minimum absolute atomic E-state index is 0.0181. The third-order valence-corrected chi connectivity index (χ3v) is 3.32. The van der Waals surface area contributed by atoms with Crippen LogP contribution < -0.4 is 5.73 Å². The van der Waals surface area contributed by atoms with Crippen molar-refractivity contribution in [1.82, 2.24) is 14.7 Å². The molecule has 0 radical (unpaired) electrons. The quantitative estimate of drug-likeness (QED) is 0.821. The molecule has 5 nitrogen and oxygen atoms in total. The van der Waals surface area contributed by atoms with Gasteiger partial charge in [-0.15, -0.1) is 0 Å². The first kappa shape index (κ1) is 12.1. The molecule has 0 spiro atoms. The third-order valence-electron chi connectivity index (χ3n) is 3.32. The van der Waals surface area contributed by atoms with E-state index in [1.54, 1.807) is 17.1 Å². The molecule has 1 aromatic heterocycles. The highest BCUT2D eigenvalue weighted by atomic mass is 16.2. The average Bonchev–Trinajstić information content (AvgIpc) is 2.74. The number of likely N-dealkylation sites (tertiary alicyclic amines) is 1. The fraction of sp³-hybridized carbons (Fsp3) is 0.667. The van der Waals surface area contributed by atoms with Crippen LogP contribution in [0.4, 0.5) is 0 Å². The molecule has 0 bridgehead atoms. The van der Waals surface area contributed by atoms with Crippen molar-refractivity contribution in [2.75, 3.05) is 13.1 Å². The summed E-state index contributed by atoms with van der Waals surface area (Å²) in [5.74, 6) is 0.596. The van der Waals surface area contributed by atoms with Crippen LogP contribution in [-0.4, -0.2) is 33.7 Å². The normalized spacial score (nSPS) is 22.5. The van der Waals surface area contributed by atoms with Gasteiger partial charge in [0.15, 0.2) is 0 Å². The summed E-state index contributed by atoms with van der Waals surface area (Å²) in [7, 11) is 1.82. The molecule has 1 aliphatic heterocycles. The second-order valence-electron chi connectivity index (χ2n) is 4.96. The molecule has 1 saturated heterocycles. The maximum atomic E-state index is 12.2. The van der Waals surface area contributed by atoms with Crippen molar-refractivity contribution in [3.05, 3.63) is 18.0 Å². The van der Waals surface area contributed by atoms with Crippen LogP contribution in [-0.2, 0) is 11.8 Å². The Kier molecular flexibility index (Phi) is 3.47. The lowest BCUT2D eigenvalue weighted by Gasteiger charge is -2.32. The van der Waals surface area contributed by atoms with Gasteiger partial charge in [0.1, 0.15) is 6.04 Å². The van der Waals surface area contributed by atoms with Crippen molar-refractivity contribution in [2.45, 2.75) is 25.8 Å². The molecule has 17 heavy (non-hydrogen) atoms. The van der Waals surface area contributed by atoms with Crippen LogP contribution in [0, 0.1) is 5.92 Å². The van der Waals surface area contributed by atoms with Crippen LogP contribution in [0.5, 0.6) is 0 Å². The Balaban J connectivity index is 2.04. The second-order valence-corrected chi connectivity index (χ2v) is 4.96. The first-order chi connectivity index (χ1) is 8.08. The fourth-order valence-electron chi connectivity index (χ4n) is 2.33. The second kappa shape index (κ2) is 4.87. The molecule has 0 aromatic carbocycles. The van der Waals surface area contributed by atoms with E-state index in [1.165, 1.54) is 6.42 Å². The molecule has 5 heteroatoms. The van der Waals surface area contributed by atoms with E-state index < -0.39 is 6.04 Å². The van der Waals surface area contributed by atoms with Gasteiger partial charge in [-0.25, -0.2) is 0 Å². The molecular weight excluding hydrogens is 216 g/mol. The summed E-state index contributed by atoms with van der Waals surface area (Å²) in [5, 5.41) is 4.05. The number of hydrogen-bond acceptors (Lipinski definition) is 3. The average molecular weight is 236 g/mol. The van der Waals surface area contributed by atoms with Crippen LogP contribution in [0.3, 0.4) is 0 Å². The summed E-state index contributed by atoms with van der Waals surface area (Å²) in [5.41, 5.74) is 6.77. The lowest BCUT2D eigenvalue weighted by Crippen LogP contribution is -2.43. The fourth-order valence-corrected chi connectivity index (χ4v) is 2.33. The van der Waals surface area contributed by atoms with Gasteiger partial charge in [-0.2, -0.15) is 5.10 Å². The number of carbonyl (C=O) groups is 1. The van der Waals surface area contributed by atoms with Crippen LogP contribution in [0.25, 0.3) is 0 Å². The Labute approximate surface area is 102 Å². The molecule has 1 fully saturated rings. The van der Waals surface area contributed by atoms with Crippen LogP contribution in [0.1, 0.15) is 31.4 Å². The number of hydrogen-bond donors (Lipinski definition) is 1. The van der Waals surface area contributed by atoms with E-state index in [2.05, 4.69) is 12.0 Å². The summed E-state index contributed by atoms with van der Waals surface area (Å²) in [6.45, 7) is 3.83. The molecule has 2 atom stereocenters. The number of nitrogens with two attached hydrogens (primary N) is 1. The van der Waals surface area contributed by atoms with Crippen LogP contribution in [0.2, 0.25) is 0 Å². The molecule has 1 amide bonds. The topological polar surface area (TPSA) is 64.2 Å². The number of rotatable bonds is 2. The highest BCUT2D eigenvalue weighted by Crippen LogP contribution is 2.19. The minimum atomic E-state index is -0.575. The summed E-state index contributed by atoms with van der Waals surface area (Å²) in [6, 6.07) is -0.575. The Morgan fingerprint density at radius 1 is 1.65 bits per heavy atom. The van der Waals surface area contributed by atoms with E-state index in [0.717, 1.165) is 25.1 Å². The molecule has 94 valence electrons. The van der Waals surface area contributed by atoms with Crippen LogP contribution >= 0.6 is 0 Å². The lowest BCUT2D eigenvalue weighted by atomic mass is 9.99. The predicted octanol–water partition coefficient (Wildman–Crippen LogP) is 0.678. The Morgan fingerprint density at radius 2 is 2.41 bits per heavy atom. The number of carbonyl (C=O) groups excluding carboxylic acids is 1. The van der Waals surface area contributed by atoms with Gasteiger partial charge >= 0.3 is 0 Å². The Bertz CT molecular complexity index is 401. The SMILES string of the molecule is CC1CCCN(C(=O)C(N)c2cnn(C)c2)C1. The standard InChI is InChI=1S/C12H20N4O/c1-9-4-3-5-16(7-9)12(17)11(13)10-6-14-15(2)8-10/h6,8-9,11H,3-5,7,13H2,1-2H3. The smallest absolute Gasteiger partial charge is 0.244 e. The van der Waals surface area contributed by atoms with E-state index >= 15 is 0 Å². The number of amides is 1. The van der Waals surface area contributed by atoms with Crippen molar-refractivity contribution in [3.63, 3.8) is 0 Å². The van der Waals surface area contributed by atoms with Crippen molar-refractivity contribution in [3.8, 4) is 0 Å². The van der Waals surface area contributed by atoms with Gasteiger partial charge in [0.05, 0.1) is 6.20 Å². The molecular formula is C12H20N4O. The monoisotopic (exact) mass is 236 g/mol. The van der Waals surface area contributed by atoms with E-state index in [1.807, 2.05) is 11.9 Å². The molecule has 1 aromatic rings. The number of aryl methyl sites for hydroxylation is 1. The van der Waals surface area contributed by atoms with E-state index in [0.29, 0.717) is 5.92 Å². The number of piperidine rings is 1. The van der Waals surface area contributed by atoms with E-state index in [-0.39, 0.29) is 5.91 Å². The van der Waals surface area contributed by atoms with Gasteiger partial charge in [0.25, 0.3) is 0 Å². The van der Waals surface area contributed by atoms with E-state index in [4.69, 9.17) is 5.73 Å². The zero-order chi connectivity index (χ0) is 12.4. The first-order valence-corrected chi connectivity index (χ1v) is 6.11. The summed E-state index contributed by atoms with van der Waals surface area (Å²) < 4.78 is 1.67. The third kappa shape index (κ3) is 2.66. The molecule has 2 rings (SSSR count). The maximum absolute atomic E-state index is 12.2. The lowest BCUT2D eigenvalue weighted by molar-refractivity contribution is -0.134.